The number of carbonyl (C=O) groups is 1. The molecule has 1 heterocycles. The summed E-state index contributed by atoms with van der Waals surface area (Å²) in [7, 11) is 1.65. The van der Waals surface area contributed by atoms with Gasteiger partial charge in [0.2, 0.25) is 0 Å². The Balaban J connectivity index is 1.37. The molecule has 0 aliphatic heterocycles. The molecule has 0 radical (unpaired) electrons. The molecule has 1 aromatic heterocycles. The predicted molar refractivity (Wildman–Crippen MR) is 137 cm³/mol. The highest BCUT2D eigenvalue weighted by Gasteiger charge is 2.11. The largest absolute Gasteiger partial charge is 0.497 e. The van der Waals surface area contributed by atoms with E-state index < -0.39 is 0 Å². The van der Waals surface area contributed by atoms with Crippen LogP contribution in [0.2, 0.25) is 5.02 Å². The number of nitrogens with zero attached hydrogens (tertiary/aromatic N) is 1. The zero-order valence-corrected chi connectivity index (χ0v) is 19.5. The zero-order valence-electron chi connectivity index (χ0n) is 18.7. The maximum absolute atomic E-state index is 12.5. The number of nitrogens with one attached hydrogen (secondary N) is 2. The van der Waals surface area contributed by atoms with Gasteiger partial charge in [0.25, 0.3) is 5.91 Å². The Bertz CT molecular complexity index is 1270. The number of aromatic nitrogens is 1. The number of ether oxygens (including phenoxy) is 1. The Morgan fingerprint density at radius 2 is 1.68 bits per heavy atom. The van der Waals surface area contributed by atoms with Crippen molar-refractivity contribution >= 4 is 28.9 Å². The van der Waals surface area contributed by atoms with Crippen molar-refractivity contribution in [2.24, 2.45) is 0 Å². The van der Waals surface area contributed by atoms with Crippen LogP contribution in [0.5, 0.6) is 5.75 Å². The Labute approximate surface area is 203 Å². The van der Waals surface area contributed by atoms with Crippen LogP contribution < -0.4 is 21.1 Å². The lowest BCUT2D eigenvalue weighted by Gasteiger charge is -2.10. The van der Waals surface area contributed by atoms with E-state index in [9.17, 15) is 4.79 Å². The van der Waals surface area contributed by atoms with E-state index in [1.54, 1.807) is 37.6 Å². The average Bonchev–Trinajstić information content (AvgIpc) is 2.86. The number of para-hydroxylation sites is 2. The van der Waals surface area contributed by atoms with Gasteiger partial charge in [0.15, 0.2) is 0 Å². The summed E-state index contributed by atoms with van der Waals surface area (Å²) in [5, 5.41) is 6.77. The quantitative estimate of drug-likeness (QED) is 0.293. The van der Waals surface area contributed by atoms with E-state index in [1.807, 2.05) is 54.6 Å². The van der Waals surface area contributed by atoms with Crippen molar-refractivity contribution in [1.29, 1.82) is 0 Å². The molecule has 0 aliphatic carbocycles. The van der Waals surface area contributed by atoms with Crippen molar-refractivity contribution in [2.75, 3.05) is 18.2 Å². The molecule has 7 heteroatoms. The number of hydrogen-bond donors (Lipinski definition) is 3. The summed E-state index contributed by atoms with van der Waals surface area (Å²) >= 11 is 6.52. The van der Waals surface area contributed by atoms with Crippen molar-refractivity contribution in [3.8, 4) is 17.0 Å². The molecule has 0 saturated carbocycles. The molecule has 0 aliphatic rings. The van der Waals surface area contributed by atoms with Gasteiger partial charge in [-0.05, 0) is 53.6 Å². The van der Waals surface area contributed by atoms with Crippen LogP contribution in [0.25, 0.3) is 11.3 Å². The first-order valence-electron chi connectivity index (χ1n) is 10.8. The molecule has 4 rings (SSSR count). The van der Waals surface area contributed by atoms with Crippen LogP contribution in [0.1, 0.15) is 21.5 Å². The summed E-state index contributed by atoms with van der Waals surface area (Å²) in [5.74, 6) is 0.603. The van der Waals surface area contributed by atoms with Gasteiger partial charge >= 0.3 is 0 Å². The monoisotopic (exact) mass is 472 g/mol. The molecule has 0 unspecified atom stereocenters. The van der Waals surface area contributed by atoms with Gasteiger partial charge in [-0.3, -0.25) is 9.78 Å². The van der Waals surface area contributed by atoms with E-state index in [4.69, 9.17) is 22.1 Å². The summed E-state index contributed by atoms with van der Waals surface area (Å²) in [4.78, 5) is 17.1. The first-order valence-corrected chi connectivity index (χ1v) is 11.2. The van der Waals surface area contributed by atoms with E-state index in [-0.39, 0.29) is 5.91 Å². The molecule has 0 atom stereocenters. The van der Waals surface area contributed by atoms with Crippen LogP contribution in [0.15, 0.2) is 85.1 Å². The Hall–Kier alpha value is -3.87. The molecule has 0 bridgehead atoms. The van der Waals surface area contributed by atoms with Gasteiger partial charge < -0.3 is 21.1 Å². The van der Waals surface area contributed by atoms with Gasteiger partial charge in [0.05, 0.1) is 29.2 Å². The third-order valence-electron chi connectivity index (χ3n) is 5.34. The molecule has 1 amide bonds. The standard InChI is InChI=1S/C27H25ClN4O2/c1-34-22-12-6-18(7-13-22)15-30-16-19-14-23(28)26(31-17-19)20-8-10-21(11-9-20)27(33)32-25-5-3-2-4-24(25)29/h2-14,17,30H,15-16,29H2,1H3,(H,32,33). The van der Waals surface area contributed by atoms with Crippen molar-refractivity contribution < 1.29 is 9.53 Å². The number of benzene rings is 3. The fraction of sp³-hybridized carbons (Fsp3) is 0.111. The molecule has 172 valence electrons. The van der Waals surface area contributed by atoms with Gasteiger partial charge in [-0.25, -0.2) is 0 Å². The maximum Gasteiger partial charge on any atom is 0.255 e. The normalized spacial score (nSPS) is 10.6. The second-order valence-electron chi connectivity index (χ2n) is 7.74. The number of anilines is 2. The number of nitrogen functional groups attached to an aromatic ring is 1. The zero-order chi connectivity index (χ0) is 23.9. The molecule has 3 aromatic carbocycles. The van der Waals surface area contributed by atoms with E-state index in [0.717, 1.165) is 29.0 Å². The molecule has 0 saturated heterocycles. The second-order valence-corrected chi connectivity index (χ2v) is 8.15. The first kappa shape index (κ1) is 23.3. The molecule has 4 aromatic rings. The van der Waals surface area contributed by atoms with E-state index in [2.05, 4.69) is 15.6 Å². The number of pyridine rings is 1. The van der Waals surface area contributed by atoms with Crippen molar-refractivity contribution in [1.82, 2.24) is 10.3 Å². The number of nitrogens with two attached hydrogens (primary N) is 1. The molecule has 0 fully saturated rings. The van der Waals surface area contributed by atoms with Crippen LogP contribution in [0.3, 0.4) is 0 Å². The van der Waals surface area contributed by atoms with Gasteiger partial charge in [0, 0.05) is 30.4 Å². The smallest absolute Gasteiger partial charge is 0.255 e. The maximum atomic E-state index is 12.5. The van der Waals surface area contributed by atoms with Crippen molar-refractivity contribution in [3.05, 3.63) is 107 Å². The predicted octanol–water partition coefficient (Wildman–Crippen LogP) is 5.53. The minimum absolute atomic E-state index is 0.234. The third-order valence-corrected chi connectivity index (χ3v) is 5.63. The van der Waals surface area contributed by atoms with Crippen LogP contribution in [-0.4, -0.2) is 18.0 Å². The minimum Gasteiger partial charge on any atom is -0.497 e. The summed E-state index contributed by atoms with van der Waals surface area (Å²) in [6, 6.07) is 24.1. The third kappa shape index (κ3) is 5.73. The number of amides is 1. The molecule has 0 spiro atoms. The number of methoxy groups -OCH3 is 1. The summed E-state index contributed by atoms with van der Waals surface area (Å²) in [6.45, 7) is 1.36. The van der Waals surface area contributed by atoms with Gasteiger partial charge in [-0.15, -0.1) is 0 Å². The molecular weight excluding hydrogens is 448 g/mol. The summed E-state index contributed by atoms with van der Waals surface area (Å²) < 4.78 is 5.18. The van der Waals surface area contributed by atoms with Gasteiger partial charge in [-0.1, -0.05) is 48.0 Å². The molecule has 4 N–H and O–H groups in total. The number of carbonyl (C=O) groups excluding carboxylic acids is 1. The number of rotatable bonds is 8. The highest BCUT2D eigenvalue weighted by atomic mass is 35.5. The fourth-order valence-electron chi connectivity index (χ4n) is 3.47. The van der Waals surface area contributed by atoms with Crippen LogP contribution in [0.4, 0.5) is 11.4 Å². The SMILES string of the molecule is COc1ccc(CNCc2cnc(-c3ccc(C(=O)Nc4ccccc4N)cc3)c(Cl)c2)cc1. The topological polar surface area (TPSA) is 89.3 Å². The van der Waals surface area contributed by atoms with E-state index >= 15 is 0 Å². The van der Waals surface area contributed by atoms with E-state index in [0.29, 0.717) is 34.2 Å². The Morgan fingerprint density at radius 1 is 0.971 bits per heavy atom. The van der Waals surface area contributed by atoms with Gasteiger partial charge in [-0.2, -0.15) is 0 Å². The van der Waals surface area contributed by atoms with E-state index in [1.165, 1.54) is 0 Å². The Morgan fingerprint density at radius 3 is 2.35 bits per heavy atom. The molecule has 6 nitrogen and oxygen atoms in total. The lowest BCUT2D eigenvalue weighted by atomic mass is 10.1. The van der Waals surface area contributed by atoms with Crippen molar-refractivity contribution in [2.45, 2.75) is 13.1 Å². The lowest BCUT2D eigenvalue weighted by Crippen LogP contribution is -2.13. The highest BCUT2D eigenvalue weighted by Crippen LogP contribution is 2.27. The number of halogens is 1. The Kier molecular flexibility index (Phi) is 7.42. The van der Waals surface area contributed by atoms with Crippen LogP contribution in [-0.2, 0) is 13.1 Å². The highest BCUT2D eigenvalue weighted by molar-refractivity contribution is 6.33. The second kappa shape index (κ2) is 10.8. The van der Waals surface area contributed by atoms with Crippen molar-refractivity contribution in [3.63, 3.8) is 0 Å². The summed E-state index contributed by atoms with van der Waals surface area (Å²) in [6.07, 6.45) is 1.81. The lowest BCUT2D eigenvalue weighted by molar-refractivity contribution is 0.102. The molecule has 34 heavy (non-hydrogen) atoms. The number of hydrogen-bond acceptors (Lipinski definition) is 5. The minimum atomic E-state index is -0.234. The van der Waals surface area contributed by atoms with Crippen LogP contribution >= 0.6 is 11.6 Å². The fourth-order valence-corrected chi connectivity index (χ4v) is 3.76. The molecular formula is C27H25ClN4O2. The average molecular weight is 473 g/mol. The first-order chi connectivity index (χ1) is 16.5. The summed E-state index contributed by atoms with van der Waals surface area (Å²) in [5.41, 5.74) is 11.2. The van der Waals surface area contributed by atoms with Gasteiger partial charge in [0.1, 0.15) is 5.75 Å². The van der Waals surface area contributed by atoms with Crippen LogP contribution in [0, 0.1) is 0 Å².